The minimum atomic E-state index is 0.501. The molecule has 0 saturated heterocycles. The van der Waals surface area contributed by atoms with Gasteiger partial charge in [0.2, 0.25) is 5.89 Å². The minimum absolute atomic E-state index is 0.501. The van der Waals surface area contributed by atoms with Gasteiger partial charge in [0.15, 0.2) is 5.96 Å². The van der Waals surface area contributed by atoms with Crippen molar-refractivity contribution >= 4 is 17.0 Å². The number of para-hydroxylation sites is 2. The Balaban J connectivity index is 1.55. The molecule has 132 valence electrons. The van der Waals surface area contributed by atoms with Crippen LogP contribution in [-0.2, 0) is 13.1 Å². The molecule has 0 spiro atoms. The number of aryl methyl sites for hydroxylation is 3. The molecule has 0 bridgehead atoms. The smallest absolute Gasteiger partial charge is 0.214 e. The summed E-state index contributed by atoms with van der Waals surface area (Å²) in [5.74, 6) is 3.24. The largest absolute Gasteiger partial charge is 0.444 e. The van der Waals surface area contributed by atoms with Crippen LogP contribution in [-0.4, -0.2) is 34.1 Å². The van der Waals surface area contributed by atoms with Gasteiger partial charge in [-0.3, -0.25) is 4.99 Å². The van der Waals surface area contributed by atoms with Gasteiger partial charge in [-0.1, -0.05) is 12.1 Å². The van der Waals surface area contributed by atoms with Crippen molar-refractivity contribution in [1.29, 1.82) is 0 Å². The lowest BCUT2D eigenvalue weighted by Crippen LogP contribution is -2.38. The first-order valence-corrected chi connectivity index (χ1v) is 8.37. The van der Waals surface area contributed by atoms with E-state index < -0.39 is 0 Å². The summed E-state index contributed by atoms with van der Waals surface area (Å²) < 4.78 is 7.77. The monoisotopic (exact) mass is 340 g/mol. The van der Waals surface area contributed by atoms with Crippen molar-refractivity contribution in [1.82, 2.24) is 25.2 Å². The van der Waals surface area contributed by atoms with Crippen LogP contribution >= 0.6 is 0 Å². The number of aliphatic imine (C=N–C) groups is 1. The van der Waals surface area contributed by atoms with Crippen LogP contribution < -0.4 is 10.6 Å². The summed E-state index contributed by atoms with van der Waals surface area (Å²) in [7, 11) is 1.75. The van der Waals surface area contributed by atoms with Crippen molar-refractivity contribution in [2.24, 2.45) is 4.99 Å². The van der Waals surface area contributed by atoms with Gasteiger partial charge in [0, 0.05) is 20.1 Å². The van der Waals surface area contributed by atoms with Crippen molar-refractivity contribution in [3.8, 4) is 0 Å². The summed E-state index contributed by atoms with van der Waals surface area (Å²) >= 11 is 0. The van der Waals surface area contributed by atoms with E-state index in [0.717, 1.165) is 47.4 Å². The highest BCUT2D eigenvalue weighted by molar-refractivity contribution is 5.79. The van der Waals surface area contributed by atoms with Crippen LogP contribution in [0.15, 0.2) is 33.7 Å². The Morgan fingerprint density at radius 2 is 1.96 bits per heavy atom. The lowest BCUT2D eigenvalue weighted by Gasteiger charge is -2.12. The zero-order valence-corrected chi connectivity index (χ0v) is 15.1. The van der Waals surface area contributed by atoms with E-state index >= 15 is 0 Å². The molecule has 2 aromatic heterocycles. The standard InChI is InChI=1S/C18H24N6O/c1-12-13(2)25-17(22-12)11-21-18(19-4)20-9-10-24-14(3)23-15-7-5-6-8-16(15)24/h5-8H,9-11H2,1-4H3,(H2,19,20,21). The topological polar surface area (TPSA) is 80.3 Å². The molecule has 0 unspecified atom stereocenters. The predicted octanol–water partition coefficient (Wildman–Crippen LogP) is 2.31. The molecule has 0 atom stereocenters. The van der Waals surface area contributed by atoms with Gasteiger partial charge < -0.3 is 19.6 Å². The van der Waals surface area contributed by atoms with Gasteiger partial charge >= 0.3 is 0 Å². The zero-order valence-electron chi connectivity index (χ0n) is 15.1. The van der Waals surface area contributed by atoms with Gasteiger partial charge in [0.05, 0.1) is 23.3 Å². The van der Waals surface area contributed by atoms with Crippen LogP contribution in [0.3, 0.4) is 0 Å². The molecule has 0 aliphatic heterocycles. The number of hydrogen-bond donors (Lipinski definition) is 2. The predicted molar refractivity (Wildman–Crippen MR) is 98.6 cm³/mol. The Bertz CT molecular complexity index is 873. The lowest BCUT2D eigenvalue weighted by molar-refractivity contribution is 0.463. The van der Waals surface area contributed by atoms with E-state index in [1.54, 1.807) is 7.05 Å². The van der Waals surface area contributed by atoms with Gasteiger partial charge in [-0.2, -0.15) is 0 Å². The Labute approximate surface area is 147 Å². The molecule has 0 amide bonds. The van der Waals surface area contributed by atoms with E-state index in [9.17, 15) is 0 Å². The summed E-state index contributed by atoms with van der Waals surface area (Å²) in [6.45, 7) is 7.93. The molecule has 3 rings (SSSR count). The van der Waals surface area contributed by atoms with E-state index in [1.807, 2.05) is 39.0 Å². The van der Waals surface area contributed by atoms with Crippen LogP contribution in [0.4, 0.5) is 0 Å². The van der Waals surface area contributed by atoms with Crippen molar-refractivity contribution in [3.63, 3.8) is 0 Å². The zero-order chi connectivity index (χ0) is 17.8. The second kappa shape index (κ2) is 7.38. The highest BCUT2D eigenvalue weighted by Gasteiger charge is 2.08. The second-order valence-corrected chi connectivity index (χ2v) is 5.90. The number of aromatic nitrogens is 3. The fraction of sp³-hybridized carbons (Fsp3) is 0.389. The number of nitrogens with one attached hydrogen (secondary N) is 2. The first kappa shape index (κ1) is 17.0. The highest BCUT2D eigenvalue weighted by Crippen LogP contribution is 2.14. The Kier molecular flexibility index (Phi) is 5.02. The van der Waals surface area contributed by atoms with Gasteiger partial charge in [-0.05, 0) is 32.9 Å². The SMILES string of the molecule is CN=C(NCCn1c(C)nc2ccccc21)NCc1nc(C)c(C)o1. The maximum atomic E-state index is 5.57. The lowest BCUT2D eigenvalue weighted by atomic mass is 10.3. The molecule has 0 radical (unpaired) electrons. The molecule has 7 nitrogen and oxygen atoms in total. The van der Waals surface area contributed by atoms with E-state index in [0.29, 0.717) is 12.4 Å². The van der Waals surface area contributed by atoms with Crippen LogP contribution in [0.1, 0.15) is 23.2 Å². The Morgan fingerprint density at radius 3 is 2.68 bits per heavy atom. The summed E-state index contributed by atoms with van der Waals surface area (Å²) in [6, 6.07) is 8.17. The molecule has 1 aromatic carbocycles. The van der Waals surface area contributed by atoms with Gasteiger partial charge in [-0.15, -0.1) is 0 Å². The van der Waals surface area contributed by atoms with Crippen LogP contribution in [0.5, 0.6) is 0 Å². The molecular formula is C18H24N6O. The number of hydrogen-bond acceptors (Lipinski definition) is 4. The van der Waals surface area contributed by atoms with Crippen LogP contribution in [0, 0.1) is 20.8 Å². The summed E-state index contributed by atoms with van der Waals surface area (Å²) in [4.78, 5) is 13.2. The first-order valence-electron chi connectivity index (χ1n) is 8.37. The quantitative estimate of drug-likeness (QED) is 0.550. The number of oxazole rings is 1. The molecule has 7 heteroatoms. The average molecular weight is 340 g/mol. The number of benzene rings is 1. The van der Waals surface area contributed by atoms with Crippen LogP contribution in [0.25, 0.3) is 11.0 Å². The van der Waals surface area contributed by atoms with Crippen molar-refractivity contribution < 1.29 is 4.42 Å². The maximum absolute atomic E-state index is 5.57. The van der Waals surface area contributed by atoms with Gasteiger partial charge in [-0.25, -0.2) is 9.97 Å². The number of nitrogens with zero attached hydrogens (tertiary/aromatic N) is 4. The number of guanidine groups is 1. The molecule has 3 aromatic rings. The molecule has 25 heavy (non-hydrogen) atoms. The molecular weight excluding hydrogens is 316 g/mol. The minimum Gasteiger partial charge on any atom is -0.444 e. The van der Waals surface area contributed by atoms with E-state index in [2.05, 4.69) is 36.2 Å². The number of imidazole rings is 1. The Morgan fingerprint density at radius 1 is 1.16 bits per heavy atom. The van der Waals surface area contributed by atoms with Crippen molar-refractivity contribution in [3.05, 3.63) is 47.4 Å². The Hall–Kier alpha value is -2.83. The summed E-state index contributed by atoms with van der Waals surface area (Å²) in [5, 5.41) is 6.53. The highest BCUT2D eigenvalue weighted by atomic mass is 16.4. The summed E-state index contributed by atoms with van der Waals surface area (Å²) in [6.07, 6.45) is 0. The van der Waals surface area contributed by atoms with E-state index in [1.165, 1.54) is 0 Å². The molecule has 0 aliphatic carbocycles. The van der Waals surface area contributed by atoms with E-state index in [-0.39, 0.29) is 0 Å². The van der Waals surface area contributed by atoms with E-state index in [4.69, 9.17) is 4.42 Å². The third-order valence-corrected chi connectivity index (χ3v) is 4.18. The number of fused-ring (bicyclic) bond motifs is 1. The molecule has 0 aliphatic rings. The fourth-order valence-corrected chi connectivity index (χ4v) is 2.76. The first-order chi connectivity index (χ1) is 12.1. The third kappa shape index (κ3) is 3.81. The van der Waals surface area contributed by atoms with Gasteiger partial charge in [0.25, 0.3) is 0 Å². The normalized spacial score (nSPS) is 11.9. The van der Waals surface area contributed by atoms with Crippen LogP contribution in [0.2, 0.25) is 0 Å². The average Bonchev–Trinajstić information content (AvgIpc) is 3.09. The fourth-order valence-electron chi connectivity index (χ4n) is 2.76. The second-order valence-electron chi connectivity index (χ2n) is 5.90. The third-order valence-electron chi connectivity index (χ3n) is 4.18. The van der Waals surface area contributed by atoms with Gasteiger partial charge in [0.1, 0.15) is 11.6 Å². The van der Waals surface area contributed by atoms with Crippen molar-refractivity contribution in [2.45, 2.75) is 33.9 Å². The van der Waals surface area contributed by atoms with Crippen molar-refractivity contribution in [2.75, 3.05) is 13.6 Å². The number of rotatable bonds is 5. The molecule has 2 N–H and O–H groups in total. The summed E-state index contributed by atoms with van der Waals surface area (Å²) in [5.41, 5.74) is 3.09. The molecule has 2 heterocycles. The molecule has 0 fully saturated rings. The maximum Gasteiger partial charge on any atom is 0.214 e. The molecule has 0 saturated carbocycles.